The fourth-order valence-electron chi connectivity index (χ4n) is 4.45. The molecule has 174 valence electrons. The Morgan fingerprint density at radius 1 is 1.18 bits per heavy atom. The van der Waals surface area contributed by atoms with Gasteiger partial charge in [-0.2, -0.15) is 0 Å². The second-order valence-corrected chi connectivity index (χ2v) is 9.14. The summed E-state index contributed by atoms with van der Waals surface area (Å²) in [5, 5.41) is 11.8. The molecule has 0 bridgehead atoms. The maximum absolute atomic E-state index is 13.4. The van der Waals surface area contributed by atoms with Gasteiger partial charge in [-0.1, -0.05) is 67.6 Å². The summed E-state index contributed by atoms with van der Waals surface area (Å²) in [6.45, 7) is 7.92. The Morgan fingerprint density at radius 3 is 2.52 bits per heavy atom. The molecule has 5 heteroatoms. The van der Waals surface area contributed by atoms with Crippen LogP contribution in [0.25, 0.3) is 0 Å². The van der Waals surface area contributed by atoms with E-state index < -0.39 is 11.5 Å². The SMILES string of the molecule is C=CC(C)Cl.CC/C=C/CCCN1C(=O)C(O)(C2Cc3ccccc3C2=O)c2ccccc21. The minimum atomic E-state index is -1.80. The van der Waals surface area contributed by atoms with Gasteiger partial charge in [0.25, 0.3) is 5.91 Å². The third-order valence-corrected chi connectivity index (χ3v) is 6.36. The zero-order valence-electron chi connectivity index (χ0n) is 19.3. The van der Waals surface area contributed by atoms with Crippen LogP contribution in [0.15, 0.2) is 73.3 Å². The lowest BCUT2D eigenvalue weighted by molar-refractivity contribution is -0.140. The average molecular weight is 466 g/mol. The summed E-state index contributed by atoms with van der Waals surface area (Å²) in [4.78, 5) is 28.1. The predicted molar refractivity (Wildman–Crippen MR) is 135 cm³/mol. The van der Waals surface area contributed by atoms with Gasteiger partial charge in [0.2, 0.25) is 0 Å². The van der Waals surface area contributed by atoms with E-state index in [2.05, 4.69) is 25.7 Å². The lowest BCUT2D eigenvalue weighted by atomic mass is 9.79. The second kappa shape index (κ2) is 11.0. The molecule has 1 amide bonds. The number of para-hydroxylation sites is 1. The summed E-state index contributed by atoms with van der Waals surface area (Å²) in [6, 6.07) is 14.7. The maximum atomic E-state index is 13.4. The Bertz CT molecular complexity index is 1040. The van der Waals surface area contributed by atoms with Crippen LogP contribution in [0, 0.1) is 5.92 Å². The van der Waals surface area contributed by atoms with E-state index in [1.54, 1.807) is 23.1 Å². The first-order valence-corrected chi connectivity index (χ1v) is 12.0. The number of amides is 1. The van der Waals surface area contributed by atoms with E-state index in [1.807, 2.05) is 43.3 Å². The van der Waals surface area contributed by atoms with Crippen molar-refractivity contribution < 1.29 is 14.7 Å². The number of ketones is 1. The molecule has 2 aliphatic rings. The molecule has 0 radical (unpaired) electrons. The number of carbonyl (C=O) groups is 2. The van der Waals surface area contributed by atoms with E-state index >= 15 is 0 Å². The highest BCUT2D eigenvalue weighted by Gasteiger charge is 2.58. The topological polar surface area (TPSA) is 57.6 Å². The Hall–Kier alpha value is -2.69. The minimum absolute atomic E-state index is 0.120. The number of allylic oxidation sites excluding steroid dienone is 3. The van der Waals surface area contributed by atoms with E-state index in [9.17, 15) is 14.7 Å². The number of halogens is 1. The van der Waals surface area contributed by atoms with Crippen molar-refractivity contribution in [3.8, 4) is 0 Å². The first-order chi connectivity index (χ1) is 15.9. The molecule has 33 heavy (non-hydrogen) atoms. The van der Waals surface area contributed by atoms with Crippen LogP contribution in [0.3, 0.4) is 0 Å². The molecule has 3 atom stereocenters. The summed E-state index contributed by atoms with van der Waals surface area (Å²) in [6.07, 6.45) is 8.99. The summed E-state index contributed by atoms with van der Waals surface area (Å²) >= 11 is 5.34. The number of rotatable bonds is 7. The molecule has 0 saturated carbocycles. The fraction of sp³-hybridized carbons (Fsp3) is 0.357. The number of hydrogen-bond donors (Lipinski definition) is 1. The van der Waals surface area contributed by atoms with Crippen LogP contribution in [0.5, 0.6) is 0 Å². The van der Waals surface area contributed by atoms with Gasteiger partial charge in [-0.15, -0.1) is 18.2 Å². The number of hydrogen-bond acceptors (Lipinski definition) is 3. The van der Waals surface area contributed by atoms with Crippen molar-refractivity contribution in [3.05, 3.63) is 90.0 Å². The maximum Gasteiger partial charge on any atom is 0.264 e. The highest BCUT2D eigenvalue weighted by molar-refractivity contribution is 6.21. The van der Waals surface area contributed by atoms with Gasteiger partial charge >= 0.3 is 0 Å². The van der Waals surface area contributed by atoms with Crippen molar-refractivity contribution in [2.24, 2.45) is 5.92 Å². The van der Waals surface area contributed by atoms with Crippen LogP contribution in [0.4, 0.5) is 5.69 Å². The molecule has 3 unspecified atom stereocenters. The van der Waals surface area contributed by atoms with Crippen LogP contribution in [0.2, 0.25) is 0 Å². The van der Waals surface area contributed by atoms with E-state index in [0.29, 0.717) is 24.1 Å². The zero-order valence-corrected chi connectivity index (χ0v) is 20.1. The molecular formula is C28H32ClNO3. The van der Waals surface area contributed by atoms with E-state index in [4.69, 9.17) is 11.6 Å². The van der Waals surface area contributed by atoms with E-state index in [1.165, 1.54) is 0 Å². The van der Waals surface area contributed by atoms with Crippen LogP contribution in [0.1, 0.15) is 54.6 Å². The molecule has 1 aliphatic carbocycles. The number of aliphatic hydroxyl groups is 1. The number of alkyl halides is 1. The molecule has 0 fully saturated rings. The van der Waals surface area contributed by atoms with Crippen molar-refractivity contribution >= 4 is 29.0 Å². The highest BCUT2D eigenvalue weighted by Crippen LogP contribution is 2.48. The number of Topliss-reactive ketones (excluding diaryl/α,β-unsaturated/α-hetero) is 1. The van der Waals surface area contributed by atoms with Crippen LogP contribution in [-0.4, -0.2) is 28.7 Å². The van der Waals surface area contributed by atoms with Gasteiger partial charge in [0, 0.05) is 23.0 Å². The Kier molecular flexibility index (Phi) is 8.28. The molecule has 4 rings (SSSR count). The largest absolute Gasteiger partial charge is 0.375 e. The van der Waals surface area contributed by atoms with Crippen molar-refractivity contribution in [2.45, 2.75) is 50.5 Å². The number of nitrogens with zero attached hydrogens (tertiary/aromatic N) is 1. The third-order valence-electron chi connectivity index (χ3n) is 6.18. The number of fused-ring (bicyclic) bond motifs is 2. The molecule has 2 aromatic rings. The van der Waals surface area contributed by atoms with Gasteiger partial charge in [-0.05, 0) is 44.2 Å². The Labute approximate surface area is 201 Å². The molecule has 2 aromatic carbocycles. The summed E-state index contributed by atoms with van der Waals surface area (Å²) in [7, 11) is 0. The summed E-state index contributed by atoms with van der Waals surface area (Å²) < 4.78 is 0. The van der Waals surface area contributed by atoms with Crippen LogP contribution in [-0.2, 0) is 16.8 Å². The van der Waals surface area contributed by atoms with Gasteiger partial charge in [0.1, 0.15) is 0 Å². The molecule has 0 spiro atoms. The summed E-state index contributed by atoms with van der Waals surface area (Å²) in [5.41, 5.74) is 0.994. The molecule has 0 saturated heterocycles. The lowest BCUT2D eigenvalue weighted by Crippen LogP contribution is -2.48. The second-order valence-electron chi connectivity index (χ2n) is 8.45. The normalized spacial score (nSPS) is 22.1. The minimum Gasteiger partial charge on any atom is -0.375 e. The van der Waals surface area contributed by atoms with E-state index in [-0.39, 0.29) is 17.1 Å². The highest BCUT2D eigenvalue weighted by atomic mass is 35.5. The molecule has 1 heterocycles. The molecule has 4 nitrogen and oxygen atoms in total. The first-order valence-electron chi connectivity index (χ1n) is 11.5. The van der Waals surface area contributed by atoms with Crippen LogP contribution < -0.4 is 4.90 Å². The Balaban J connectivity index is 0.000000555. The van der Waals surface area contributed by atoms with Gasteiger partial charge in [-0.3, -0.25) is 9.59 Å². The third kappa shape index (κ3) is 4.97. The molecule has 1 N–H and O–H groups in total. The van der Waals surface area contributed by atoms with Crippen LogP contribution >= 0.6 is 11.6 Å². The first kappa shape index (κ1) is 24.9. The molecule has 0 aromatic heterocycles. The quantitative estimate of drug-likeness (QED) is 0.318. The molecular weight excluding hydrogens is 434 g/mol. The van der Waals surface area contributed by atoms with E-state index in [0.717, 1.165) is 30.5 Å². The fourth-order valence-corrected chi connectivity index (χ4v) is 4.45. The monoisotopic (exact) mass is 465 g/mol. The summed E-state index contributed by atoms with van der Waals surface area (Å²) in [5.74, 6) is -1.29. The van der Waals surface area contributed by atoms with Gasteiger partial charge < -0.3 is 10.0 Å². The number of unbranched alkanes of at least 4 members (excludes halogenated alkanes) is 1. The number of benzene rings is 2. The number of carbonyl (C=O) groups excluding carboxylic acids is 2. The predicted octanol–water partition coefficient (Wildman–Crippen LogP) is 5.82. The standard InChI is InChI=1S/C24H25NO3.C4H7Cl/c1-2-3-4-5-10-15-25-21-14-9-8-13-19(21)24(28,23(25)27)20-16-17-11-6-7-12-18(17)22(20)26;1-3-4(2)5/h3-4,6-9,11-14,20,28H,2,5,10,15-16H2,1H3;3-4H,1H2,2H3/b4-3+;. The average Bonchev–Trinajstić information content (AvgIpc) is 3.28. The van der Waals surface area contributed by atoms with Gasteiger partial charge in [0.15, 0.2) is 11.4 Å². The number of anilines is 1. The Morgan fingerprint density at radius 2 is 1.85 bits per heavy atom. The van der Waals surface area contributed by atoms with Gasteiger partial charge in [-0.25, -0.2) is 0 Å². The zero-order chi connectivity index (χ0) is 24.0. The van der Waals surface area contributed by atoms with Crippen molar-refractivity contribution in [1.29, 1.82) is 0 Å². The molecule has 1 aliphatic heterocycles. The van der Waals surface area contributed by atoms with Crippen molar-refractivity contribution in [3.63, 3.8) is 0 Å². The smallest absolute Gasteiger partial charge is 0.264 e. The van der Waals surface area contributed by atoms with Gasteiger partial charge in [0.05, 0.1) is 11.6 Å². The lowest BCUT2D eigenvalue weighted by Gasteiger charge is -2.28. The van der Waals surface area contributed by atoms with Crippen molar-refractivity contribution in [1.82, 2.24) is 0 Å². The van der Waals surface area contributed by atoms with Crippen molar-refractivity contribution in [2.75, 3.05) is 11.4 Å².